The summed E-state index contributed by atoms with van der Waals surface area (Å²) in [5.41, 5.74) is -0.877. The van der Waals surface area contributed by atoms with Crippen LogP contribution >= 0.6 is 0 Å². The van der Waals surface area contributed by atoms with Crippen molar-refractivity contribution in [1.29, 1.82) is 0 Å². The maximum absolute atomic E-state index is 11.7. The number of morpholine rings is 1. The molecule has 2 aliphatic heterocycles. The molecule has 0 spiro atoms. The van der Waals surface area contributed by atoms with Gasteiger partial charge in [-0.1, -0.05) is 0 Å². The van der Waals surface area contributed by atoms with Gasteiger partial charge in [-0.15, -0.1) is 0 Å². The largest absolute Gasteiger partial charge is 0.479 e. The smallest absolute Gasteiger partial charge is 0.335 e. The Bertz CT molecular complexity index is 541. The summed E-state index contributed by atoms with van der Waals surface area (Å²) in [6, 6.07) is 0. The number of ketones is 1. The van der Waals surface area contributed by atoms with Gasteiger partial charge >= 0.3 is 17.9 Å². The molecule has 3 unspecified atom stereocenters. The molecular formula is C16H25NO10. The number of nitrogens with zero attached hydrogens (tertiary/aromatic N) is 1. The first-order valence-electron chi connectivity index (χ1n) is 8.42. The van der Waals surface area contributed by atoms with Crippen LogP contribution in [0.15, 0.2) is 0 Å². The highest BCUT2D eigenvalue weighted by Gasteiger charge is 2.48. The van der Waals surface area contributed by atoms with E-state index in [4.69, 9.17) is 29.9 Å². The van der Waals surface area contributed by atoms with Crippen LogP contribution in [0, 0.1) is 5.41 Å². The molecule has 3 atom stereocenters. The Morgan fingerprint density at radius 1 is 1.07 bits per heavy atom. The van der Waals surface area contributed by atoms with Gasteiger partial charge in [0.1, 0.15) is 11.2 Å². The van der Waals surface area contributed by atoms with Crippen molar-refractivity contribution in [3.05, 3.63) is 0 Å². The van der Waals surface area contributed by atoms with Crippen molar-refractivity contribution in [3.8, 4) is 0 Å². The average molecular weight is 391 g/mol. The molecule has 2 saturated heterocycles. The number of rotatable bonds is 7. The highest BCUT2D eigenvalue weighted by molar-refractivity contribution is 6.03. The Labute approximate surface area is 155 Å². The van der Waals surface area contributed by atoms with Crippen LogP contribution in [0.2, 0.25) is 0 Å². The summed E-state index contributed by atoms with van der Waals surface area (Å²) in [4.78, 5) is 45.2. The maximum Gasteiger partial charge on any atom is 0.335 e. The summed E-state index contributed by atoms with van der Waals surface area (Å²) in [5, 5.41) is 32.5. The zero-order chi connectivity index (χ0) is 20.6. The molecule has 4 N–H and O–H groups in total. The Morgan fingerprint density at radius 3 is 1.96 bits per heavy atom. The number of aliphatic carboxylic acids is 2. The van der Waals surface area contributed by atoms with Gasteiger partial charge in [-0.2, -0.15) is 0 Å². The lowest BCUT2D eigenvalue weighted by Crippen LogP contribution is -2.42. The minimum atomic E-state index is -2.27. The molecule has 2 aliphatic rings. The Balaban J connectivity index is 0.000000314. The third-order valence-electron chi connectivity index (χ3n) is 4.59. The summed E-state index contributed by atoms with van der Waals surface area (Å²) in [6.45, 7) is 5.85. The zero-order valence-electron chi connectivity index (χ0n) is 15.0. The lowest BCUT2D eigenvalue weighted by Gasteiger charge is -2.30. The molecule has 0 aromatic heterocycles. The van der Waals surface area contributed by atoms with Crippen LogP contribution in [0.5, 0.6) is 0 Å². The van der Waals surface area contributed by atoms with E-state index >= 15 is 0 Å². The number of hydrogen-bond donors (Lipinski definition) is 4. The normalized spacial score (nSPS) is 24.9. The number of hydrogen-bond acceptors (Lipinski definition) is 9. The van der Waals surface area contributed by atoms with Gasteiger partial charge < -0.3 is 29.9 Å². The molecule has 0 saturated carbocycles. The number of carboxylic acids is 2. The fourth-order valence-electron chi connectivity index (χ4n) is 2.72. The summed E-state index contributed by atoms with van der Waals surface area (Å²) in [5.74, 6) is -3.93. The van der Waals surface area contributed by atoms with Gasteiger partial charge in [-0.05, 0) is 19.9 Å². The number of cyclic esters (lactones) is 1. The Hall–Kier alpha value is -2.08. The molecule has 27 heavy (non-hydrogen) atoms. The van der Waals surface area contributed by atoms with Crippen molar-refractivity contribution >= 4 is 23.7 Å². The SMILES string of the molecule is CC(=O)C1(CCN2CCOCC2)CCOC1=O.O=C(O)C(O)C(O)C(=O)O. The highest BCUT2D eigenvalue weighted by atomic mass is 16.5. The van der Waals surface area contributed by atoms with Crippen LogP contribution in [0.4, 0.5) is 0 Å². The summed E-state index contributed by atoms with van der Waals surface area (Å²) >= 11 is 0. The highest BCUT2D eigenvalue weighted by Crippen LogP contribution is 2.35. The molecule has 0 amide bonds. The average Bonchev–Trinajstić information content (AvgIpc) is 3.01. The van der Waals surface area contributed by atoms with Gasteiger partial charge in [-0.25, -0.2) is 9.59 Å². The van der Waals surface area contributed by atoms with Crippen molar-refractivity contribution in [3.63, 3.8) is 0 Å². The van der Waals surface area contributed by atoms with E-state index in [2.05, 4.69) is 4.90 Å². The number of Topliss-reactive ketones (excluding diaryl/α,β-unsaturated/α-hetero) is 1. The van der Waals surface area contributed by atoms with Crippen LogP contribution in [0.25, 0.3) is 0 Å². The number of ether oxygens (including phenoxy) is 2. The minimum absolute atomic E-state index is 0.0618. The van der Waals surface area contributed by atoms with Gasteiger partial charge in [0.25, 0.3) is 0 Å². The number of carbonyl (C=O) groups excluding carboxylic acids is 2. The number of esters is 1. The number of carbonyl (C=O) groups is 4. The Kier molecular flexibility index (Phi) is 8.76. The van der Waals surface area contributed by atoms with E-state index in [1.165, 1.54) is 6.92 Å². The van der Waals surface area contributed by atoms with Gasteiger partial charge in [0.2, 0.25) is 0 Å². The van der Waals surface area contributed by atoms with Crippen LogP contribution < -0.4 is 0 Å². The molecule has 0 aliphatic carbocycles. The molecule has 11 nitrogen and oxygen atoms in total. The van der Waals surface area contributed by atoms with Gasteiger partial charge in [-0.3, -0.25) is 14.5 Å². The van der Waals surface area contributed by atoms with E-state index in [9.17, 15) is 19.2 Å². The molecule has 11 heteroatoms. The summed E-state index contributed by atoms with van der Waals surface area (Å²) in [6.07, 6.45) is -3.43. The van der Waals surface area contributed by atoms with E-state index in [0.717, 1.165) is 32.8 Å². The first-order chi connectivity index (χ1) is 12.6. The van der Waals surface area contributed by atoms with Crippen molar-refractivity contribution in [2.75, 3.05) is 39.5 Å². The monoisotopic (exact) mass is 391 g/mol. The number of aliphatic hydroxyl groups is 2. The van der Waals surface area contributed by atoms with E-state index < -0.39 is 29.6 Å². The van der Waals surface area contributed by atoms with Crippen molar-refractivity contribution < 1.29 is 49.1 Å². The van der Waals surface area contributed by atoms with E-state index in [1.54, 1.807) is 0 Å². The van der Waals surface area contributed by atoms with Gasteiger partial charge in [0, 0.05) is 19.5 Å². The summed E-state index contributed by atoms with van der Waals surface area (Å²) in [7, 11) is 0. The van der Waals surface area contributed by atoms with E-state index in [1.807, 2.05) is 0 Å². The fourth-order valence-corrected chi connectivity index (χ4v) is 2.72. The molecule has 2 rings (SSSR count). The predicted molar refractivity (Wildman–Crippen MR) is 87.9 cm³/mol. The van der Waals surface area contributed by atoms with Gasteiger partial charge in [0.05, 0.1) is 19.8 Å². The van der Waals surface area contributed by atoms with Crippen LogP contribution in [0.1, 0.15) is 19.8 Å². The van der Waals surface area contributed by atoms with Crippen molar-refractivity contribution in [2.24, 2.45) is 5.41 Å². The first kappa shape index (κ1) is 23.0. The lowest BCUT2D eigenvalue weighted by molar-refractivity contribution is -0.165. The second-order valence-corrected chi connectivity index (χ2v) is 6.29. The Morgan fingerprint density at radius 2 is 1.59 bits per heavy atom. The van der Waals surface area contributed by atoms with E-state index in [-0.39, 0.29) is 11.8 Å². The maximum atomic E-state index is 11.7. The quantitative estimate of drug-likeness (QED) is 0.282. The predicted octanol–water partition coefficient (Wildman–Crippen LogP) is -1.89. The fraction of sp³-hybridized carbons (Fsp3) is 0.750. The number of aliphatic hydroxyl groups excluding tert-OH is 2. The first-order valence-corrected chi connectivity index (χ1v) is 8.42. The third kappa shape index (κ3) is 6.24. The topological polar surface area (TPSA) is 171 Å². The number of carboxylic acid groups (broad SMARTS) is 2. The van der Waals surface area contributed by atoms with Crippen LogP contribution in [-0.2, 0) is 28.7 Å². The standard InChI is InChI=1S/C12H19NO4.C4H6O6/c1-10(14)12(3-7-17-11(12)15)2-4-13-5-8-16-9-6-13;5-1(3(7)8)2(6)4(9)10/h2-9H2,1H3;1-2,5-6H,(H,7,8)(H,9,10). The summed E-state index contributed by atoms with van der Waals surface area (Å²) < 4.78 is 10.2. The van der Waals surface area contributed by atoms with E-state index in [0.29, 0.717) is 19.4 Å². The van der Waals surface area contributed by atoms with Crippen molar-refractivity contribution in [2.45, 2.75) is 32.0 Å². The lowest BCUT2D eigenvalue weighted by atomic mass is 9.79. The molecular weight excluding hydrogens is 366 g/mol. The zero-order valence-corrected chi connectivity index (χ0v) is 15.0. The second kappa shape index (κ2) is 10.3. The second-order valence-electron chi connectivity index (χ2n) is 6.29. The minimum Gasteiger partial charge on any atom is -0.479 e. The van der Waals surface area contributed by atoms with Crippen molar-refractivity contribution in [1.82, 2.24) is 4.90 Å². The molecule has 0 aromatic rings. The van der Waals surface area contributed by atoms with Gasteiger partial charge in [0.15, 0.2) is 12.2 Å². The molecule has 0 aromatic carbocycles. The third-order valence-corrected chi connectivity index (χ3v) is 4.59. The van der Waals surface area contributed by atoms with Crippen LogP contribution in [-0.4, -0.2) is 101 Å². The molecule has 0 radical (unpaired) electrons. The molecule has 154 valence electrons. The molecule has 2 fully saturated rings. The van der Waals surface area contributed by atoms with Crippen LogP contribution in [0.3, 0.4) is 0 Å². The molecule has 0 bridgehead atoms. The molecule has 2 heterocycles.